The first kappa shape index (κ1) is 8.23. The summed E-state index contributed by atoms with van der Waals surface area (Å²) in [6, 6.07) is 0. The van der Waals surface area contributed by atoms with Gasteiger partial charge in [-0.1, -0.05) is 6.08 Å². The maximum atomic E-state index is 9.55. The van der Waals surface area contributed by atoms with E-state index in [1.807, 2.05) is 7.05 Å². The molecule has 68 valence electrons. The zero-order valence-electron chi connectivity index (χ0n) is 7.36. The first-order valence-corrected chi connectivity index (χ1v) is 4.57. The van der Waals surface area contributed by atoms with E-state index in [4.69, 9.17) is 4.74 Å². The van der Waals surface area contributed by atoms with E-state index in [2.05, 4.69) is 17.5 Å². The van der Waals surface area contributed by atoms with Gasteiger partial charge >= 0.3 is 0 Å². The van der Waals surface area contributed by atoms with Crippen LogP contribution in [-0.2, 0) is 4.74 Å². The summed E-state index contributed by atoms with van der Waals surface area (Å²) >= 11 is 0. The average Bonchev–Trinajstić information content (AvgIpc) is 2.27. The van der Waals surface area contributed by atoms with Crippen LogP contribution in [0.4, 0.5) is 0 Å². The zero-order valence-corrected chi connectivity index (χ0v) is 7.36. The Morgan fingerprint density at radius 2 is 2.58 bits per heavy atom. The SMILES string of the molecule is C[NH2+]C[C@@]12C=C[C@@H](C[C@@H](O)C1)O2. The summed E-state index contributed by atoms with van der Waals surface area (Å²) < 4.78 is 5.79. The smallest absolute Gasteiger partial charge is 0.138 e. The molecular formula is C9H16NO2+. The molecule has 0 unspecified atom stereocenters. The van der Waals surface area contributed by atoms with Crippen molar-refractivity contribution in [3.05, 3.63) is 12.2 Å². The van der Waals surface area contributed by atoms with Gasteiger partial charge in [0.15, 0.2) is 0 Å². The molecule has 0 aromatic carbocycles. The number of aliphatic hydroxyl groups is 1. The van der Waals surface area contributed by atoms with Crippen LogP contribution in [0, 0.1) is 0 Å². The van der Waals surface area contributed by atoms with Gasteiger partial charge in [-0.25, -0.2) is 0 Å². The fourth-order valence-corrected chi connectivity index (χ4v) is 2.20. The van der Waals surface area contributed by atoms with E-state index >= 15 is 0 Å². The molecule has 0 amide bonds. The van der Waals surface area contributed by atoms with Crippen molar-refractivity contribution in [2.24, 2.45) is 0 Å². The van der Waals surface area contributed by atoms with Gasteiger partial charge in [-0.05, 0) is 6.08 Å². The molecular weight excluding hydrogens is 154 g/mol. The molecule has 2 heterocycles. The molecule has 3 N–H and O–H groups in total. The maximum Gasteiger partial charge on any atom is 0.138 e. The van der Waals surface area contributed by atoms with E-state index in [-0.39, 0.29) is 17.8 Å². The van der Waals surface area contributed by atoms with Gasteiger partial charge in [-0.2, -0.15) is 0 Å². The standard InChI is InChI=1S/C9H15NO2/c1-10-6-9-3-2-8(12-9)4-7(11)5-9/h2-3,7-8,10-11H,4-6H2,1H3/p+1/t7-,8+,9-/m1/s1. The number of hydrogen-bond acceptors (Lipinski definition) is 2. The van der Waals surface area contributed by atoms with Crippen LogP contribution in [0.25, 0.3) is 0 Å². The first-order valence-electron chi connectivity index (χ1n) is 4.57. The molecule has 2 aliphatic rings. The second kappa shape index (κ2) is 2.83. The highest BCUT2D eigenvalue weighted by Gasteiger charge is 2.43. The van der Waals surface area contributed by atoms with Crippen molar-refractivity contribution in [2.75, 3.05) is 13.6 Å². The topological polar surface area (TPSA) is 46.1 Å². The fraction of sp³-hybridized carbons (Fsp3) is 0.778. The molecule has 0 radical (unpaired) electrons. The van der Waals surface area contributed by atoms with Gasteiger partial charge in [-0.3, -0.25) is 0 Å². The van der Waals surface area contributed by atoms with Crippen LogP contribution in [0.1, 0.15) is 12.8 Å². The van der Waals surface area contributed by atoms with Crippen molar-refractivity contribution in [3.8, 4) is 0 Å². The maximum absolute atomic E-state index is 9.55. The normalized spacial score (nSPS) is 45.2. The van der Waals surface area contributed by atoms with Gasteiger partial charge in [0.25, 0.3) is 0 Å². The summed E-state index contributed by atoms with van der Waals surface area (Å²) in [5.74, 6) is 0. The molecule has 1 fully saturated rings. The lowest BCUT2D eigenvalue weighted by Gasteiger charge is -2.34. The van der Waals surface area contributed by atoms with E-state index < -0.39 is 0 Å². The Morgan fingerprint density at radius 3 is 3.33 bits per heavy atom. The Morgan fingerprint density at radius 1 is 1.75 bits per heavy atom. The van der Waals surface area contributed by atoms with E-state index in [1.54, 1.807) is 0 Å². The minimum Gasteiger partial charge on any atom is -0.393 e. The minimum absolute atomic E-state index is 0.161. The quantitative estimate of drug-likeness (QED) is 0.524. The van der Waals surface area contributed by atoms with Gasteiger partial charge in [0.05, 0.1) is 19.3 Å². The number of nitrogens with two attached hydrogens (primary N) is 1. The summed E-state index contributed by atoms with van der Waals surface area (Å²) in [5, 5.41) is 11.6. The number of fused-ring (bicyclic) bond motifs is 2. The van der Waals surface area contributed by atoms with Gasteiger partial charge in [-0.15, -0.1) is 0 Å². The van der Waals surface area contributed by atoms with Crippen molar-refractivity contribution < 1.29 is 15.2 Å². The lowest BCUT2D eigenvalue weighted by atomic mass is 9.94. The molecule has 2 bridgehead atoms. The molecule has 1 saturated heterocycles. The van der Waals surface area contributed by atoms with Crippen molar-refractivity contribution in [2.45, 2.75) is 30.7 Å². The Bertz CT molecular complexity index is 205. The molecule has 3 atom stereocenters. The van der Waals surface area contributed by atoms with Gasteiger partial charge < -0.3 is 15.2 Å². The van der Waals surface area contributed by atoms with Crippen LogP contribution < -0.4 is 5.32 Å². The third-order valence-corrected chi connectivity index (χ3v) is 2.64. The van der Waals surface area contributed by atoms with Crippen LogP contribution in [-0.4, -0.2) is 36.5 Å². The molecule has 12 heavy (non-hydrogen) atoms. The van der Waals surface area contributed by atoms with E-state index in [1.165, 1.54) is 0 Å². The summed E-state index contributed by atoms with van der Waals surface area (Å²) in [5.41, 5.74) is -0.170. The number of ether oxygens (including phenoxy) is 1. The summed E-state index contributed by atoms with van der Waals surface area (Å²) in [4.78, 5) is 0. The Hall–Kier alpha value is -0.380. The number of hydrogen-bond donors (Lipinski definition) is 2. The molecule has 3 heteroatoms. The van der Waals surface area contributed by atoms with Crippen molar-refractivity contribution >= 4 is 0 Å². The molecule has 0 aromatic rings. The van der Waals surface area contributed by atoms with Gasteiger partial charge in [0.1, 0.15) is 12.1 Å². The molecule has 2 rings (SSSR count). The Labute approximate surface area is 72.4 Å². The third kappa shape index (κ3) is 1.28. The number of likely N-dealkylation sites (N-methyl/N-ethyl adjacent to an activating group) is 1. The van der Waals surface area contributed by atoms with Crippen LogP contribution >= 0.6 is 0 Å². The van der Waals surface area contributed by atoms with Crippen LogP contribution in [0.3, 0.4) is 0 Å². The van der Waals surface area contributed by atoms with Crippen LogP contribution in [0.15, 0.2) is 12.2 Å². The lowest BCUT2D eigenvalue weighted by Crippen LogP contribution is -2.84. The minimum atomic E-state index is -0.182. The predicted octanol–water partition coefficient (Wildman–Crippen LogP) is -0.972. The fourth-order valence-electron chi connectivity index (χ4n) is 2.20. The predicted molar refractivity (Wildman–Crippen MR) is 44.7 cm³/mol. The highest BCUT2D eigenvalue weighted by atomic mass is 16.5. The van der Waals surface area contributed by atoms with Crippen molar-refractivity contribution in [3.63, 3.8) is 0 Å². The average molecular weight is 170 g/mol. The highest BCUT2D eigenvalue weighted by molar-refractivity contribution is 5.15. The molecule has 0 saturated carbocycles. The zero-order chi connectivity index (χ0) is 8.60. The second-order valence-corrected chi connectivity index (χ2v) is 3.79. The molecule has 0 aliphatic carbocycles. The summed E-state index contributed by atoms with van der Waals surface area (Å²) in [6.07, 6.45) is 5.70. The summed E-state index contributed by atoms with van der Waals surface area (Å²) in [7, 11) is 2.03. The summed E-state index contributed by atoms with van der Waals surface area (Å²) in [6.45, 7) is 0.914. The molecule has 0 spiro atoms. The lowest BCUT2D eigenvalue weighted by molar-refractivity contribution is -0.640. The number of rotatable bonds is 2. The number of quaternary nitrogens is 1. The highest BCUT2D eigenvalue weighted by Crippen LogP contribution is 2.35. The van der Waals surface area contributed by atoms with E-state index in [0.29, 0.717) is 0 Å². The second-order valence-electron chi connectivity index (χ2n) is 3.79. The number of aliphatic hydroxyl groups excluding tert-OH is 1. The van der Waals surface area contributed by atoms with Crippen molar-refractivity contribution in [1.29, 1.82) is 0 Å². The molecule has 3 nitrogen and oxygen atoms in total. The molecule has 2 aliphatic heterocycles. The first-order chi connectivity index (χ1) is 5.74. The monoisotopic (exact) mass is 170 g/mol. The Balaban J connectivity index is 2.10. The van der Waals surface area contributed by atoms with Gasteiger partial charge in [0, 0.05) is 12.8 Å². The van der Waals surface area contributed by atoms with E-state index in [0.717, 1.165) is 19.4 Å². The third-order valence-electron chi connectivity index (χ3n) is 2.64. The Kier molecular flexibility index (Phi) is 1.94. The van der Waals surface area contributed by atoms with Gasteiger partial charge in [0.2, 0.25) is 0 Å². The largest absolute Gasteiger partial charge is 0.393 e. The molecule has 0 aromatic heterocycles. The van der Waals surface area contributed by atoms with Crippen LogP contribution in [0.5, 0.6) is 0 Å². The van der Waals surface area contributed by atoms with Crippen LogP contribution in [0.2, 0.25) is 0 Å². The van der Waals surface area contributed by atoms with E-state index in [9.17, 15) is 5.11 Å². The van der Waals surface area contributed by atoms with Crippen molar-refractivity contribution in [1.82, 2.24) is 0 Å².